The summed E-state index contributed by atoms with van der Waals surface area (Å²) >= 11 is 0. The summed E-state index contributed by atoms with van der Waals surface area (Å²) in [5.41, 5.74) is 0. The Morgan fingerprint density at radius 3 is 2.76 bits per heavy atom. The van der Waals surface area contributed by atoms with Crippen LogP contribution in [0.25, 0.3) is 0 Å². The molecule has 0 fully saturated rings. The van der Waals surface area contributed by atoms with E-state index in [1.165, 1.54) is 29.0 Å². The SMILES string of the molecule is CCN(c1ncc[nH]1)S(=O)(=O)c1cccnc1. The molecular weight excluding hydrogens is 240 g/mol. The second kappa shape index (κ2) is 4.54. The van der Waals surface area contributed by atoms with Crippen LogP contribution >= 0.6 is 0 Å². The molecule has 0 radical (unpaired) electrons. The molecule has 0 amide bonds. The summed E-state index contributed by atoms with van der Waals surface area (Å²) in [6.45, 7) is 2.04. The Morgan fingerprint density at radius 1 is 1.41 bits per heavy atom. The van der Waals surface area contributed by atoms with Crippen molar-refractivity contribution in [2.45, 2.75) is 11.8 Å². The van der Waals surface area contributed by atoms with E-state index in [4.69, 9.17) is 0 Å². The van der Waals surface area contributed by atoms with Gasteiger partial charge in [0.25, 0.3) is 10.0 Å². The molecule has 0 aromatic carbocycles. The molecule has 2 aromatic heterocycles. The maximum absolute atomic E-state index is 12.3. The zero-order chi connectivity index (χ0) is 12.3. The molecule has 2 rings (SSSR count). The van der Waals surface area contributed by atoms with Crippen LogP contribution in [0.5, 0.6) is 0 Å². The van der Waals surface area contributed by atoms with Crippen molar-refractivity contribution in [3.63, 3.8) is 0 Å². The third-order valence-electron chi connectivity index (χ3n) is 2.23. The van der Waals surface area contributed by atoms with Crippen LogP contribution in [0, 0.1) is 0 Å². The summed E-state index contributed by atoms with van der Waals surface area (Å²) in [5.74, 6) is 0.302. The number of H-pyrrole nitrogens is 1. The normalized spacial score (nSPS) is 11.4. The van der Waals surface area contributed by atoms with E-state index < -0.39 is 10.0 Å². The Hall–Kier alpha value is -1.89. The predicted octanol–water partition coefficient (Wildman–Crippen LogP) is 1.02. The Morgan fingerprint density at radius 2 is 2.24 bits per heavy atom. The number of nitrogens with zero attached hydrogens (tertiary/aromatic N) is 3. The van der Waals surface area contributed by atoms with Crippen LogP contribution in [0.15, 0.2) is 41.8 Å². The van der Waals surface area contributed by atoms with Gasteiger partial charge in [0, 0.05) is 31.3 Å². The van der Waals surface area contributed by atoms with Crippen molar-refractivity contribution in [1.82, 2.24) is 15.0 Å². The summed E-state index contributed by atoms with van der Waals surface area (Å²) in [5, 5.41) is 0. The highest BCUT2D eigenvalue weighted by Gasteiger charge is 2.25. The maximum Gasteiger partial charge on any atom is 0.268 e. The van der Waals surface area contributed by atoms with E-state index in [2.05, 4.69) is 15.0 Å². The standard InChI is InChI=1S/C10H12N4O2S/c1-2-14(10-12-6-7-13-10)17(15,16)9-4-3-5-11-8-9/h3-8H,2H2,1H3,(H,12,13). The van der Waals surface area contributed by atoms with Gasteiger partial charge in [-0.25, -0.2) is 17.7 Å². The zero-order valence-corrected chi connectivity index (χ0v) is 10.1. The molecule has 0 bridgehead atoms. The van der Waals surface area contributed by atoms with Crippen molar-refractivity contribution in [2.24, 2.45) is 0 Å². The fraction of sp³-hybridized carbons (Fsp3) is 0.200. The molecule has 0 spiro atoms. The highest BCUT2D eigenvalue weighted by Crippen LogP contribution is 2.18. The van der Waals surface area contributed by atoms with Gasteiger partial charge in [0.1, 0.15) is 4.90 Å². The van der Waals surface area contributed by atoms with Crippen LogP contribution in [-0.4, -0.2) is 29.9 Å². The molecule has 7 heteroatoms. The first kappa shape index (κ1) is 11.6. The molecule has 1 N–H and O–H groups in total. The lowest BCUT2D eigenvalue weighted by molar-refractivity contribution is 0.590. The Labute approximate surface area is 99.4 Å². The van der Waals surface area contributed by atoms with Gasteiger partial charge in [0.15, 0.2) is 0 Å². The quantitative estimate of drug-likeness (QED) is 0.881. The van der Waals surface area contributed by atoms with Gasteiger partial charge in [-0.2, -0.15) is 0 Å². The summed E-state index contributed by atoms with van der Waals surface area (Å²) in [7, 11) is -3.60. The monoisotopic (exact) mass is 252 g/mol. The largest absolute Gasteiger partial charge is 0.330 e. The number of pyridine rings is 1. The maximum atomic E-state index is 12.3. The van der Waals surface area contributed by atoms with Crippen molar-refractivity contribution < 1.29 is 8.42 Å². The third-order valence-corrected chi connectivity index (χ3v) is 4.08. The Kier molecular flexibility index (Phi) is 3.10. The number of aromatic nitrogens is 3. The average molecular weight is 252 g/mol. The molecule has 90 valence electrons. The van der Waals surface area contributed by atoms with Crippen LogP contribution < -0.4 is 4.31 Å². The highest BCUT2D eigenvalue weighted by atomic mass is 32.2. The molecule has 0 saturated carbocycles. The first-order chi connectivity index (χ1) is 8.16. The molecule has 17 heavy (non-hydrogen) atoms. The van der Waals surface area contributed by atoms with Crippen molar-refractivity contribution in [2.75, 3.05) is 10.8 Å². The number of hydrogen-bond donors (Lipinski definition) is 1. The molecule has 0 aliphatic rings. The van der Waals surface area contributed by atoms with Gasteiger partial charge in [0.05, 0.1) is 0 Å². The summed E-state index contributed by atoms with van der Waals surface area (Å²) in [6, 6.07) is 3.09. The lowest BCUT2D eigenvalue weighted by atomic mass is 10.5. The Bertz CT molecular complexity index is 566. The van der Waals surface area contributed by atoms with E-state index in [0.29, 0.717) is 12.5 Å². The lowest BCUT2D eigenvalue weighted by Crippen LogP contribution is -2.31. The molecule has 0 saturated heterocycles. The average Bonchev–Trinajstić information content (AvgIpc) is 2.84. The van der Waals surface area contributed by atoms with Gasteiger partial charge < -0.3 is 4.98 Å². The molecule has 0 unspecified atom stereocenters. The number of hydrogen-bond acceptors (Lipinski definition) is 4. The molecule has 0 aliphatic heterocycles. The Balaban J connectivity index is 2.45. The smallest absolute Gasteiger partial charge is 0.268 e. The lowest BCUT2D eigenvalue weighted by Gasteiger charge is -2.19. The van der Waals surface area contributed by atoms with Gasteiger partial charge in [-0.15, -0.1) is 0 Å². The minimum absolute atomic E-state index is 0.151. The van der Waals surface area contributed by atoms with Gasteiger partial charge in [-0.3, -0.25) is 4.98 Å². The molecule has 2 aromatic rings. The molecule has 0 atom stereocenters. The minimum atomic E-state index is -3.60. The number of anilines is 1. The van der Waals surface area contributed by atoms with Crippen molar-refractivity contribution in [3.8, 4) is 0 Å². The van der Waals surface area contributed by atoms with Crippen molar-refractivity contribution >= 4 is 16.0 Å². The number of sulfonamides is 1. The van der Waals surface area contributed by atoms with E-state index >= 15 is 0 Å². The van der Waals surface area contributed by atoms with Gasteiger partial charge >= 0.3 is 0 Å². The van der Waals surface area contributed by atoms with Gasteiger partial charge in [-0.1, -0.05) is 0 Å². The number of nitrogens with one attached hydrogen (secondary N) is 1. The van der Waals surface area contributed by atoms with Crippen LogP contribution in [0.2, 0.25) is 0 Å². The number of imidazole rings is 1. The zero-order valence-electron chi connectivity index (χ0n) is 9.24. The second-order valence-electron chi connectivity index (χ2n) is 3.27. The second-order valence-corrected chi connectivity index (χ2v) is 5.13. The van der Waals surface area contributed by atoms with E-state index in [1.807, 2.05) is 0 Å². The van der Waals surface area contributed by atoms with Crippen LogP contribution in [0.4, 0.5) is 5.95 Å². The third kappa shape index (κ3) is 2.14. The summed E-state index contributed by atoms with van der Waals surface area (Å²) in [4.78, 5) is 10.7. The van der Waals surface area contributed by atoms with Crippen LogP contribution in [-0.2, 0) is 10.0 Å². The van der Waals surface area contributed by atoms with E-state index in [9.17, 15) is 8.42 Å². The van der Waals surface area contributed by atoms with Crippen LogP contribution in [0.1, 0.15) is 6.92 Å². The van der Waals surface area contributed by atoms with Gasteiger partial charge in [-0.05, 0) is 19.1 Å². The van der Waals surface area contributed by atoms with Gasteiger partial charge in [0.2, 0.25) is 5.95 Å². The molecule has 6 nitrogen and oxygen atoms in total. The van der Waals surface area contributed by atoms with E-state index in [0.717, 1.165) is 0 Å². The number of aromatic amines is 1. The first-order valence-corrected chi connectivity index (χ1v) is 6.52. The predicted molar refractivity (Wildman–Crippen MR) is 63.0 cm³/mol. The topological polar surface area (TPSA) is 79.0 Å². The first-order valence-electron chi connectivity index (χ1n) is 5.08. The fourth-order valence-electron chi connectivity index (χ4n) is 1.45. The molecular formula is C10H12N4O2S. The van der Waals surface area contributed by atoms with Crippen LogP contribution in [0.3, 0.4) is 0 Å². The molecule has 0 aliphatic carbocycles. The molecule has 2 heterocycles. The highest BCUT2D eigenvalue weighted by molar-refractivity contribution is 7.92. The fourth-order valence-corrected chi connectivity index (χ4v) is 2.82. The summed E-state index contributed by atoms with van der Waals surface area (Å²) in [6.07, 6.45) is 5.94. The van der Waals surface area contributed by atoms with E-state index in [-0.39, 0.29) is 4.90 Å². The number of rotatable bonds is 4. The van der Waals surface area contributed by atoms with Crippen molar-refractivity contribution in [3.05, 3.63) is 36.9 Å². The van der Waals surface area contributed by atoms with Crippen molar-refractivity contribution in [1.29, 1.82) is 0 Å². The minimum Gasteiger partial charge on any atom is -0.330 e. The summed E-state index contributed by atoms with van der Waals surface area (Å²) < 4.78 is 25.8. The van der Waals surface area contributed by atoms with E-state index in [1.54, 1.807) is 19.2 Å².